The highest BCUT2D eigenvalue weighted by Crippen LogP contribution is 2.21. The SMILES string of the molecule is O=C1CN(/N=C/[C@H](Cc2ccccc2)NC(=O)[C@H](Cc2c[nH]c3ccccc23)NC(=O)[C@H](Cc2c[nH]c3ccccc23)NC(=O)OCc2ccccc2)C(=O)N1. The number of H-pyrrole nitrogens is 2. The summed E-state index contributed by atoms with van der Waals surface area (Å²) in [5.41, 5.74) is 4.95. The Balaban J connectivity index is 1.16. The molecule has 6 aromatic rings. The number of nitrogens with zero attached hydrogens (tertiary/aromatic N) is 2. The maximum atomic E-state index is 14.4. The number of fused-ring (bicyclic) bond motifs is 2. The number of urea groups is 1. The van der Waals surface area contributed by atoms with Gasteiger partial charge in [-0.15, -0.1) is 0 Å². The molecule has 3 heterocycles. The first-order valence-corrected chi connectivity index (χ1v) is 18.2. The number of alkyl carbamates (subject to hydrolysis) is 1. The number of carbonyl (C=O) groups excluding carboxylic acids is 5. The van der Waals surface area contributed by atoms with Gasteiger partial charge in [-0.25, -0.2) is 14.6 Å². The Morgan fingerprint density at radius 3 is 1.80 bits per heavy atom. The Labute approximate surface area is 321 Å². The molecule has 2 aromatic heterocycles. The summed E-state index contributed by atoms with van der Waals surface area (Å²) in [4.78, 5) is 72.5. The molecule has 0 radical (unpaired) electrons. The van der Waals surface area contributed by atoms with E-state index in [0.29, 0.717) is 6.42 Å². The van der Waals surface area contributed by atoms with Crippen LogP contribution in [-0.4, -0.2) is 75.7 Å². The molecule has 1 aliphatic heterocycles. The van der Waals surface area contributed by atoms with Crippen LogP contribution in [0.3, 0.4) is 0 Å². The Kier molecular flexibility index (Phi) is 11.5. The van der Waals surface area contributed by atoms with Crippen LogP contribution >= 0.6 is 0 Å². The van der Waals surface area contributed by atoms with Crippen LogP contribution in [0, 0.1) is 0 Å². The van der Waals surface area contributed by atoms with E-state index < -0.39 is 48.0 Å². The van der Waals surface area contributed by atoms with E-state index in [1.54, 1.807) is 12.4 Å². The van der Waals surface area contributed by atoms with Gasteiger partial charge in [0.1, 0.15) is 25.2 Å². The fourth-order valence-electron chi connectivity index (χ4n) is 6.62. The minimum atomic E-state index is -1.14. The number of benzene rings is 4. The molecule has 6 N–H and O–H groups in total. The fraction of sp³-hybridized carbons (Fsp3) is 0.190. The highest BCUT2D eigenvalue weighted by atomic mass is 16.5. The number of carbonyl (C=O) groups is 5. The molecule has 7 rings (SSSR count). The second-order valence-corrected chi connectivity index (χ2v) is 13.4. The number of hydrogen-bond donors (Lipinski definition) is 6. The molecule has 6 amide bonds. The Hall–Kier alpha value is -7.22. The zero-order valence-corrected chi connectivity index (χ0v) is 30.2. The second kappa shape index (κ2) is 17.3. The lowest BCUT2D eigenvalue weighted by atomic mass is 10.0. The molecule has 0 spiro atoms. The number of imide groups is 1. The van der Waals surface area contributed by atoms with Gasteiger partial charge in [-0.2, -0.15) is 5.10 Å². The molecule has 56 heavy (non-hydrogen) atoms. The molecule has 14 heteroatoms. The third-order valence-corrected chi connectivity index (χ3v) is 9.44. The van der Waals surface area contributed by atoms with Crippen LogP contribution in [0.4, 0.5) is 9.59 Å². The van der Waals surface area contributed by atoms with Crippen LogP contribution in [0.15, 0.2) is 127 Å². The smallest absolute Gasteiger partial charge is 0.408 e. The summed E-state index contributed by atoms with van der Waals surface area (Å²) in [6.07, 6.45) is 4.68. The quantitative estimate of drug-likeness (QED) is 0.0663. The van der Waals surface area contributed by atoms with E-state index >= 15 is 0 Å². The maximum Gasteiger partial charge on any atom is 0.408 e. The van der Waals surface area contributed by atoms with Crippen molar-refractivity contribution in [1.82, 2.24) is 36.2 Å². The molecule has 284 valence electrons. The van der Waals surface area contributed by atoms with Gasteiger partial charge in [-0.3, -0.25) is 19.7 Å². The Morgan fingerprint density at radius 1 is 0.679 bits per heavy atom. The molecule has 0 aliphatic carbocycles. The normalized spacial score (nSPS) is 14.4. The van der Waals surface area contributed by atoms with E-state index in [9.17, 15) is 24.0 Å². The van der Waals surface area contributed by atoms with Crippen LogP contribution < -0.4 is 21.3 Å². The van der Waals surface area contributed by atoms with Crippen molar-refractivity contribution in [3.63, 3.8) is 0 Å². The maximum absolute atomic E-state index is 14.4. The van der Waals surface area contributed by atoms with Crippen LogP contribution in [0.25, 0.3) is 21.8 Å². The predicted molar refractivity (Wildman–Crippen MR) is 210 cm³/mol. The lowest BCUT2D eigenvalue weighted by Crippen LogP contribution is -2.56. The molecule has 1 aliphatic rings. The predicted octanol–water partition coefficient (Wildman–Crippen LogP) is 4.48. The van der Waals surface area contributed by atoms with Gasteiger partial charge in [0.25, 0.3) is 0 Å². The average Bonchev–Trinajstić information content (AvgIpc) is 3.92. The number of aromatic amines is 2. The summed E-state index contributed by atoms with van der Waals surface area (Å²) < 4.78 is 5.50. The second-order valence-electron chi connectivity index (χ2n) is 13.4. The highest BCUT2D eigenvalue weighted by Gasteiger charge is 2.31. The van der Waals surface area contributed by atoms with Crippen molar-refractivity contribution in [2.45, 2.75) is 44.0 Å². The summed E-state index contributed by atoms with van der Waals surface area (Å²) in [6, 6.07) is 30.1. The van der Waals surface area contributed by atoms with Gasteiger partial charge in [-0.1, -0.05) is 97.1 Å². The highest BCUT2D eigenvalue weighted by molar-refractivity contribution is 6.02. The summed E-state index contributed by atoms with van der Waals surface area (Å²) in [5.74, 6) is -1.63. The first-order chi connectivity index (χ1) is 27.3. The van der Waals surface area contributed by atoms with Crippen LogP contribution in [0.5, 0.6) is 0 Å². The lowest BCUT2D eigenvalue weighted by Gasteiger charge is -2.25. The summed E-state index contributed by atoms with van der Waals surface area (Å²) in [5, 5.41) is 17.8. The number of rotatable bonds is 15. The number of para-hydroxylation sites is 2. The summed E-state index contributed by atoms with van der Waals surface area (Å²) in [6.45, 7) is -0.253. The Bertz CT molecular complexity index is 2370. The van der Waals surface area contributed by atoms with Crippen molar-refractivity contribution < 1.29 is 28.7 Å². The fourth-order valence-corrected chi connectivity index (χ4v) is 6.62. The first-order valence-electron chi connectivity index (χ1n) is 18.2. The van der Waals surface area contributed by atoms with Crippen LogP contribution in [-0.2, 0) is 45.0 Å². The Morgan fingerprint density at radius 2 is 1.21 bits per heavy atom. The van der Waals surface area contributed by atoms with E-state index in [1.807, 2.05) is 109 Å². The molecule has 1 fully saturated rings. The van der Waals surface area contributed by atoms with Crippen LogP contribution in [0.1, 0.15) is 22.3 Å². The van der Waals surface area contributed by atoms with Gasteiger partial charge >= 0.3 is 12.1 Å². The molecule has 0 unspecified atom stereocenters. The topological polar surface area (TPSA) is 190 Å². The van der Waals surface area contributed by atoms with Crippen molar-refractivity contribution >= 4 is 57.9 Å². The number of hydrazone groups is 1. The van der Waals surface area contributed by atoms with E-state index in [-0.39, 0.29) is 26.0 Å². The minimum Gasteiger partial charge on any atom is -0.445 e. The molecular formula is C42H40N8O6. The van der Waals surface area contributed by atoms with Gasteiger partial charge in [0.05, 0.1) is 6.04 Å². The number of nitrogens with one attached hydrogen (secondary N) is 6. The van der Waals surface area contributed by atoms with Gasteiger partial charge < -0.3 is 30.7 Å². The molecule has 14 nitrogen and oxygen atoms in total. The van der Waals surface area contributed by atoms with Crippen molar-refractivity contribution in [3.05, 3.63) is 144 Å². The largest absolute Gasteiger partial charge is 0.445 e. The summed E-state index contributed by atoms with van der Waals surface area (Å²) >= 11 is 0. The zero-order valence-electron chi connectivity index (χ0n) is 30.2. The number of ether oxygens (including phenoxy) is 1. The van der Waals surface area contributed by atoms with Gasteiger partial charge in [0, 0.05) is 53.3 Å². The summed E-state index contributed by atoms with van der Waals surface area (Å²) in [7, 11) is 0. The average molecular weight is 753 g/mol. The molecule has 0 saturated carbocycles. The number of amides is 6. The zero-order chi connectivity index (χ0) is 38.9. The van der Waals surface area contributed by atoms with E-state index in [1.165, 1.54) is 6.21 Å². The molecule has 1 saturated heterocycles. The van der Waals surface area contributed by atoms with Crippen molar-refractivity contribution in [3.8, 4) is 0 Å². The van der Waals surface area contributed by atoms with E-state index in [0.717, 1.165) is 49.1 Å². The molecule has 4 aromatic carbocycles. The lowest BCUT2D eigenvalue weighted by molar-refractivity contribution is -0.130. The van der Waals surface area contributed by atoms with Crippen LogP contribution in [0.2, 0.25) is 0 Å². The molecule has 0 bridgehead atoms. The number of hydrogen-bond acceptors (Lipinski definition) is 7. The molecule has 3 atom stereocenters. The minimum absolute atomic E-state index is 0.00268. The standard InChI is InChI=1S/C42H40N8O6/c51-38-25-50(41(54)49-38)45-24-31(19-27-11-3-1-4-12-27)46-39(52)36(20-29-22-43-34-17-9-7-15-32(29)34)47-40(53)37(21-30-23-44-35-18-10-8-16-33(30)35)48-42(55)56-26-28-13-5-2-6-14-28/h1-18,22-24,31,36-37,43-44H,19-21,25-26H2,(H,46,52)(H,47,53)(H,48,55)(H,49,51,54)/b45-24+/t31-,36-,37-/m0/s1. The van der Waals surface area contributed by atoms with Crippen molar-refractivity contribution in [2.75, 3.05) is 6.54 Å². The van der Waals surface area contributed by atoms with Gasteiger partial charge in [0.2, 0.25) is 17.7 Å². The van der Waals surface area contributed by atoms with Gasteiger partial charge in [-0.05, 0) is 40.8 Å². The monoisotopic (exact) mass is 752 g/mol. The number of aromatic nitrogens is 2. The molecular weight excluding hydrogens is 713 g/mol. The van der Waals surface area contributed by atoms with Crippen molar-refractivity contribution in [1.29, 1.82) is 0 Å². The van der Waals surface area contributed by atoms with E-state index in [2.05, 4.69) is 36.3 Å². The third-order valence-electron chi connectivity index (χ3n) is 9.44. The van der Waals surface area contributed by atoms with Crippen molar-refractivity contribution in [2.24, 2.45) is 5.10 Å². The van der Waals surface area contributed by atoms with Gasteiger partial charge in [0.15, 0.2) is 0 Å². The van der Waals surface area contributed by atoms with E-state index in [4.69, 9.17) is 4.74 Å². The third kappa shape index (κ3) is 9.28. The first kappa shape index (κ1) is 37.1.